The highest BCUT2D eigenvalue weighted by atomic mass is 32.2. The summed E-state index contributed by atoms with van der Waals surface area (Å²) >= 11 is 0. The first-order chi connectivity index (χ1) is 11.3. The Balaban J connectivity index is 1.90. The fraction of sp³-hybridized carbons (Fsp3) is 0.533. The predicted molar refractivity (Wildman–Crippen MR) is 88.7 cm³/mol. The second-order valence-corrected chi connectivity index (χ2v) is 7.59. The zero-order valence-electron chi connectivity index (χ0n) is 13.6. The molecule has 9 heteroatoms. The third-order valence-corrected chi connectivity index (χ3v) is 4.94. The van der Waals surface area contributed by atoms with E-state index in [1.807, 2.05) is 0 Å². The number of nitrogens with zero attached hydrogens (tertiary/aromatic N) is 2. The van der Waals surface area contributed by atoms with E-state index >= 15 is 0 Å². The maximum Gasteiger partial charge on any atom is 0.239 e. The molecule has 2 rings (SSSR count). The molecule has 1 aromatic carbocycles. The molecule has 1 N–H and O–H groups in total. The maximum absolute atomic E-state index is 12.9. The van der Waals surface area contributed by atoms with Crippen molar-refractivity contribution in [3.63, 3.8) is 0 Å². The van der Waals surface area contributed by atoms with E-state index in [1.165, 1.54) is 24.3 Å². The van der Waals surface area contributed by atoms with E-state index in [0.717, 1.165) is 23.7 Å². The van der Waals surface area contributed by atoms with Crippen molar-refractivity contribution in [2.45, 2.75) is 0 Å². The van der Waals surface area contributed by atoms with Crippen LogP contribution in [0, 0.1) is 5.82 Å². The molecule has 0 radical (unpaired) electrons. The first-order valence-corrected chi connectivity index (χ1v) is 9.50. The van der Waals surface area contributed by atoms with Gasteiger partial charge in [-0.05, 0) is 24.3 Å². The van der Waals surface area contributed by atoms with Crippen LogP contribution < -0.4 is 5.32 Å². The number of anilines is 1. The number of rotatable bonds is 7. The van der Waals surface area contributed by atoms with Crippen LogP contribution in [0.1, 0.15) is 0 Å². The summed E-state index contributed by atoms with van der Waals surface area (Å²) in [6, 6.07) is 5.29. The van der Waals surface area contributed by atoms with E-state index in [1.54, 1.807) is 0 Å². The van der Waals surface area contributed by atoms with Gasteiger partial charge in [0, 0.05) is 31.9 Å². The molecule has 0 saturated carbocycles. The van der Waals surface area contributed by atoms with Crippen molar-refractivity contribution in [2.24, 2.45) is 0 Å². The van der Waals surface area contributed by atoms with Gasteiger partial charge in [0.2, 0.25) is 15.9 Å². The number of morpholine rings is 1. The molecule has 0 aliphatic carbocycles. The Labute approximate surface area is 141 Å². The topological polar surface area (TPSA) is 79.0 Å². The largest absolute Gasteiger partial charge is 0.379 e. The van der Waals surface area contributed by atoms with E-state index in [9.17, 15) is 17.6 Å². The van der Waals surface area contributed by atoms with Gasteiger partial charge in [0.05, 0.1) is 26.0 Å². The monoisotopic (exact) mass is 359 g/mol. The number of sulfonamides is 1. The number of amides is 1. The number of carbonyl (C=O) groups is 1. The van der Waals surface area contributed by atoms with Crippen molar-refractivity contribution < 1.29 is 22.3 Å². The van der Waals surface area contributed by atoms with Crippen molar-refractivity contribution in [2.75, 3.05) is 57.5 Å². The number of carbonyl (C=O) groups excluding carboxylic acids is 1. The molecule has 1 aromatic rings. The van der Waals surface area contributed by atoms with Gasteiger partial charge < -0.3 is 10.1 Å². The Kier molecular flexibility index (Phi) is 6.67. The van der Waals surface area contributed by atoms with E-state index in [-0.39, 0.29) is 13.1 Å². The normalized spacial score (nSPS) is 16.3. The Morgan fingerprint density at radius 3 is 2.50 bits per heavy atom. The van der Waals surface area contributed by atoms with Crippen LogP contribution in [0.3, 0.4) is 0 Å². The zero-order valence-corrected chi connectivity index (χ0v) is 14.4. The number of ether oxygens (including phenoxy) is 1. The highest BCUT2D eigenvalue weighted by molar-refractivity contribution is 7.88. The highest BCUT2D eigenvalue weighted by Gasteiger charge is 2.21. The van der Waals surface area contributed by atoms with Crippen LogP contribution in [0.25, 0.3) is 0 Å². The van der Waals surface area contributed by atoms with Crippen LogP contribution in [0.5, 0.6) is 0 Å². The Hall–Kier alpha value is -1.55. The quantitative estimate of drug-likeness (QED) is 0.760. The van der Waals surface area contributed by atoms with Gasteiger partial charge in [-0.1, -0.05) is 0 Å². The molecule has 0 aromatic heterocycles. The predicted octanol–water partition coefficient (Wildman–Crippen LogP) is 0.358. The van der Waals surface area contributed by atoms with Gasteiger partial charge in [-0.3, -0.25) is 9.69 Å². The van der Waals surface area contributed by atoms with Crippen LogP contribution in [0.2, 0.25) is 0 Å². The second kappa shape index (κ2) is 8.52. The van der Waals surface area contributed by atoms with Gasteiger partial charge in [-0.15, -0.1) is 0 Å². The first kappa shape index (κ1) is 18.8. The lowest BCUT2D eigenvalue weighted by Crippen LogP contribution is -2.45. The van der Waals surface area contributed by atoms with Gasteiger partial charge in [-0.2, -0.15) is 4.31 Å². The number of benzene rings is 1. The smallest absolute Gasteiger partial charge is 0.239 e. The molecule has 0 atom stereocenters. The number of halogens is 1. The zero-order chi connectivity index (χ0) is 17.6. The molecule has 134 valence electrons. The molecule has 1 fully saturated rings. The van der Waals surface area contributed by atoms with E-state index < -0.39 is 21.7 Å². The summed E-state index contributed by atoms with van der Waals surface area (Å²) in [5.41, 5.74) is 0.419. The van der Waals surface area contributed by atoms with Gasteiger partial charge >= 0.3 is 0 Å². The summed E-state index contributed by atoms with van der Waals surface area (Å²) in [4.78, 5) is 14.2. The molecule has 1 heterocycles. The minimum absolute atomic E-state index is 0.232. The molecular formula is C15H22FN3O4S. The van der Waals surface area contributed by atoms with Gasteiger partial charge in [0.25, 0.3) is 0 Å². The van der Waals surface area contributed by atoms with Crippen molar-refractivity contribution in [1.29, 1.82) is 0 Å². The molecule has 24 heavy (non-hydrogen) atoms. The third kappa shape index (κ3) is 6.16. The fourth-order valence-corrected chi connectivity index (χ4v) is 3.10. The van der Waals surface area contributed by atoms with Crippen molar-refractivity contribution in [3.05, 3.63) is 30.1 Å². The van der Waals surface area contributed by atoms with Crippen LogP contribution in [-0.4, -0.2) is 75.7 Å². The van der Waals surface area contributed by atoms with Gasteiger partial charge in [-0.25, -0.2) is 12.8 Å². The Bertz CT molecular complexity index is 645. The minimum Gasteiger partial charge on any atom is -0.379 e. The number of hydrogen-bond donors (Lipinski definition) is 1. The average molecular weight is 359 g/mol. The highest BCUT2D eigenvalue weighted by Crippen LogP contribution is 2.09. The molecular weight excluding hydrogens is 337 g/mol. The molecule has 1 aliphatic heterocycles. The second-order valence-electron chi connectivity index (χ2n) is 5.61. The maximum atomic E-state index is 12.9. The Morgan fingerprint density at radius 1 is 1.29 bits per heavy atom. The lowest BCUT2D eigenvalue weighted by Gasteiger charge is -2.29. The molecule has 0 unspecified atom stereocenters. The first-order valence-electron chi connectivity index (χ1n) is 7.65. The summed E-state index contributed by atoms with van der Waals surface area (Å²) in [7, 11) is -3.51. The van der Waals surface area contributed by atoms with Crippen LogP contribution >= 0.6 is 0 Å². The third-order valence-electron chi connectivity index (χ3n) is 3.69. The van der Waals surface area contributed by atoms with Crippen molar-refractivity contribution >= 4 is 21.6 Å². The number of hydrogen-bond acceptors (Lipinski definition) is 5. The van der Waals surface area contributed by atoms with Crippen LogP contribution in [0.4, 0.5) is 10.1 Å². The molecule has 7 nitrogen and oxygen atoms in total. The molecule has 1 aliphatic rings. The van der Waals surface area contributed by atoms with E-state index in [0.29, 0.717) is 25.4 Å². The summed E-state index contributed by atoms with van der Waals surface area (Å²) in [5.74, 6) is -0.870. The molecule has 0 bridgehead atoms. The summed E-state index contributed by atoms with van der Waals surface area (Å²) in [6.45, 7) is 3.25. The lowest BCUT2D eigenvalue weighted by atomic mass is 10.3. The van der Waals surface area contributed by atoms with E-state index in [2.05, 4.69) is 10.2 Å². The number of nitrogens with one attached hydrogen (secondary N) is 1. The minimum atomic E-state index is -3.51. The molecule has 0 spiro atoms. The fourth-order valence-electron chi connectivity index (χ4n) is 2.33. The van der Waals surface area contributed by atoms with Crippen molar-refractivity contribution in [1.82, 2.24) is 9.21 Å². The summed E-state index contributed by atoms with van der Waals surface area (Å²) < 4.78 is 43.0. The van der Waals surface area contributed by atoms with Gasteiger partial charge in [0.1, 0.15) is 5.82 Å². The molecule has 1 amide bonds. The Morgan fingerprint density at radius 2 is 1.92 bits per heavy atom. The van der Waals surface area contributed by atoms with Crippen LogP contribution in [0.15, 0.2) is 24.3 Å². The average Bonchev–Trinajstić information content (AvgIpc) is 2.53. The van der Waals surface area contributed by atoms with Gasteiger partial charge in [0.15, 0.2) is 0 Å². The summed E-state index contributed by atoms with van der Waals surface area (Å²) in [6.07, 6.45) is 1.08. The SMILES string of the molecule is CS(=O)(=O)N(CCN1CCOCC1)CC(=O)Nc1ccc(F)cc1. The van der Waals surface area contributed by atoms with Crippen molar-refractivity contribution in [3.8, 4) is 0 Å². The lowest BCUT2D eigenvalue weighted by molar-refractivity contribution is -0.116. The van der Waals surface area contributed by atoms with Crippen LogP contribution in [-0.2, 0) is 19.6 Å². The molecule has 1 saturated heterocycles. The van der Waals surface area contributed by atoms with E-state index in [4.69, 9.17) is 4.74 Å². The standard InChI is InChI=1S/C15H22FN3O4S/c1-24(21,22)19(7-6-18-8-10-23-11-9-18)12-15(20)17-14-4-2-13(16)3-5-14/h2-5H,6-12H2,1H3,(H,17,20). The summed E-state index contributed by atoms with van der Waals surface area (Å²) in [5, 5.41) is 2.56.